The number of non-ortho nitro benzene ring substituents is 1. The highest BCUT2D eigenvalue weighted by atomic mass is 127. The van der Waals surface area contributed by atoms with Crippen LogP contribution in [0, 0.1) is 13.7 Å². The maximum Gasteiger partial charge on any atom is 0.269 e. The molecule has 130 valence electrons. The highest BCUT2D eigenvalue weighted by molar-refractivity contribution is 14.1. The Morgan fingerprint density at radius 1 is 1.32 bits per heavy atom. The molecule has 0 bridgehead atoms. The number of halogens is 1. The molecule has 25 heavy (non-hydrogen) atoms. The third-order valence-electron chi connectivity index (χ3n) is 3.59. The molecule has 0 atom stereocenters. The Labute approximate surface area is 162 Å². The molecule has 1 aliphatic heterocycles. The van der Waals surface area contributed by atoms with Crippen LogP contribution in [-0.2, 0) is 6.61 Å². The summed E-state index contributed by atoms with van der Waals surface area (Å²) in [6, 6.07) is 10.3. The Morgan fingerprint density at radius 3 is 2.68 bits per heavy atom. The summed E-state index contributed by atoms with van der Waals surface area (Å²) in [6.45, 7) is 1.15. The zero-order valence-corrected chi connectivity index (χ0v) is 16.4. The fourth-order valence-electron chi connectivity index (χ4n) is 2.36. The summed E-state index contributed by atoms with van der Waals surface area (Å²) in [4.78, 5) is 14.8. The molecule has 0 spiro atoms. The Morgan fingerprint density at radius 2 is 2.08 bits per heavy atom. The van der Waals surface area contributed by atoms with Crippen molar-refractivity contribution in [2.45, 2.75) is 6.61 Å². The maximum absolute atomic E-state index is 10.7. The molecule has 0 saturated carbocycles. The van der Waals surface area contributed by atoms with E-state index in [0.29, 0.717) is 18.1 Å². The van der Waals surface area contributed by atoms with Crippen LogP contribution in [0.15, 0.2) is 41.4 Å². The SMILES string of the molecule is COc1cc(C2=NCCS2)cc(I)c1OCc1ccc([N+](=O)[O-])cc1. The van der Waals surface area contributed by atoms with Crippen LogP contribution in [0.2, 0.25) is 0 Å². The number of benzene rings is 2. The first-order chi connectivity index (χ1) is 12.1. The molecular weight excluding hydrogens is 455 g/mol. The van der Waals surface area contributed by atoms with Crippen LogP contribution in [0.1, 0.15) is 11.1 Å². The number of methoxy groups -OCH3 is 1. The highest BCUT2D eigenvalue weighted by Crippen LogP contribution is 2.36. The van der Waals surface area contributed by atoms with Gasteiger partial charge >= 0.3 is 0 Å². The van der Waals surface area contributed by atoms with Gasteiger partial charge in [-0.15, -0.1) is 11.8 Å². The van der Waals surface area contributed by atoms with Crippen molar-refractivity contribution in [3.05, 3.63) is 61.2 Å². The van der Waals surface area contributed by atoms with Crippen molar-refractivity contribution in [2.24, 2.45) is 4.99 Å². The third kappa shape index (κ3) is 4.24. The zero-order chi connectivity index (χ0) is 17.8. The maximum atomic E-state index is 10.7. The number of ether oxygens (including phenoxy) is 2. The van der Waals surface area contributed by atoms with Gasteiger partial charge < -0.3 is 9.47 Å². The van der Waals surface area contributed by atoms with Gasteiger partial charge in [-0.1, -0.05) is 0 Å². The van der Waals surface area contributed by atoms with Gasteiger partial charge in [0.05, 0.1) is 20.6 Å². The molecule has 1 heterocycles. The fraction of sp³-hybridized carbons (Fsp3) is 0.235. The van der Waals surface area contributed by atoms with Gasteiger partial charge in [0.15, 0.2) is 11.5 Å². The van der Waals surface area contributed by atoms with Crippen LogP contribution in [0.25, 0.3) is 0 Å². The summed E-state index contributed by atoms with van der Waals surface area (Å²) in [5.41, 5.74) is 1.95. The number of thioether (sulfide) groups is 1. The van der Waals surface area contributed by atoms with Crippen LogP contribution in [-0.4, -0.2) is 29.4 Å². The lowest BCUT2D eigenvalue weighted by molar-refractivity contribution is -0.384. The average molecular weight is 470 g/mol. The molecule has 0 aliphatic carbocycles. The van der Waals surface area contributed by atoms with Crippen molar-refractivity contribution < 1.29 is 14.4 Å². The summed E-state index contributed by atoms with van der Waals surface area (Å²) in [7, 11) is 1.61. The standard InChI is InChI=1S/C17H15IN2O4S/c1-23-15-9-12(17-19-6-7-25-17)8-14(18)16(15)24-10-11-2-4-13(5-3-11)20(21)22/h2-5,8-9H,6-7,10H2,1H3. The Kier molecular flexibility index (Phi) is 5.79. The molecule has 2 aromatic carbocycles. The van der Waals surface area contributed by atoms with Crippen LogP contribution in [0.4, 0.5) is 5.69 Å². The third-order valence-corrected chi connectivity index (χ3v) is 5.42. The van der Waals surface area contributed by atoms with E-state index in [0.717, 1.165) is 32.0 Å². The molecule has 0 aromatic heterocycles. The fourth-order valence-corrected chi connectivity index (χ4v) is 3.96. The number of hydrogen-bond acceptors (Lipinski definition) is 6. The van der Waals surface area contributed by atoms with Gasteiger partial charge in [0.2, 0.25) is 0 Å². The second kappa shape index (κ2) is 8.05. The second-order valence-electron chi connectivity index (χ2n) is 5.24. The van der Waals surface area contributed by atoms with E-state index in [9.17, 15) is 10.1 Å². The topological polar surface area (TPSA) is 74.0 Å². The number of nitrogens with zero attached hydrogens (tertiary/aromatic N) is 2. The van der Waals surface area contributed by atoms with Gasteiger partial charge in [0, 0.05) is 30.0 Å². The molecule has 1 aliphatic rings. The van der Waals surface area contributed by atoms with Crippen LogP contribution in [0.3, 0.4) is 0 Å². The number of nitro groups is 1. The number of aliphatic imine (C=N–C) groups is 1. The predicted molar refractivity (Wildman–Crippen MR) is 107 cm³/mol. The number of nitro benzene ring substituents is 1. The van der Waals surface area contributed by atoms with Crippen molar-refractivity contribution in [3.63, 3.8) is 0 Å². The molecule has 0 unspecified atom stereocenters. The van der Waals surface area contributed by atoms with Gasteiger partial charge in [0.25, 0.3) is 5.69 Å². The van der Waals surface area contributed by atoms with Crippen LogP contribution < -0.4 is 9.47 Å². The lowest BCUT2D eigenvalue weighted by Gasteiger charge is -2.14. The number of rotatable bonds is 6. The molecule has 0 radical (unpaired) electrons. The van der Waals surface area contributed by atoms with E-state index < -0.39 is 4.92 Å². The summed E-state index contributed by atoms with van der Waals surface area (Å²) in [5, 5.41) is 11.7. The molecular formula is C17H15IN2O4S. The second-order valence-corrected chi connectivity index (χ2v) is 7.48. The largest absolute Gasteiger partial charge is 0.493 e. The molecule has 0 amide bonds. The minimum atomic E-state index is -0.418. The van der Waals surface area contributed by atoms with E-state index in [1.54, 1.807) is 31.0 Å². The summed E-state index contributed by atoms with van der Waals surface area (Å²) < 4.78 is 12.3. The van der Waals surface area contributed by atoms with Crippen molar-refractivity contribution in [1.29, 1.82) is 0 Å². The molecule has 2 aromatic rings. The molecule has 8 heteroatoms. The van der Waals surface area contributed by atoms with E-state index in [4.69, 9.17) is 9.47 Å². The monoisotopic (exact) mass is 470 g/mol. The van der Waals surface area contributed by atoms with E-state index in [2.05, 4.69) is 27.6 Å². The van der Waals surface area contributed by atoms with Crippen LogP contribution >= 0.6 is 34.4 Å². The van der Waals surface area contributed by atoms with Crippen molar-refractivity contribution in [1.82, 2.24) is 0 Å². The molecule has 6 nitrogen and oxygen atoms in total. The molecule has 0 saturated heterocycles. The lowest BCUT2D eigenvalue weighted by Crippen LogP contribution is -2.02. The number of hydrogen-bond donors (Lipinski definition) is 0. The van der Waals surface area contributed by atoms with Gasteiger partial charge in [-0.3, -0.25) is 15.1 Å². The lowest BCUT2D eigenvalue weighted by atomic mass is 10.2. The Bertz CT molecular complexity index is 824. The first kappa shape index (κ1) is 18.0. The Balaban J connectivity index is 1.78. The zero-order valence-electron chi connectivity index (χ0n) is 13.4. The van der Waals surface area contributed by atoms with Crippen molar-refractivity contribution >= 4 is 45.1 Å². The predicted octanol–water partition coefficient (Wildman–Crippen LogP) is 4.28. The van der Waals surface area contributed by atoms with E-state index in [1.807, 2.05) is 12.1 Å². The summed E-state index contributed by atoms with van der Waals surface area (Å²) in [6.07, 6.45) is 0. The van der Waals surface area contributed by atoms with Gasteiger partial charge in [0.1, 0.15) is 6.61 Å². The van der Waals surface area contributed by atoms with E-state index in [-0.39, 0.29) is 5.69 Å². The van der Waals surface area contributed by atoms with Crippen molar-refractivity contribution in [3.8, 4) is 11.5 Å². The van der Waals surface area contributed by atoms with Crippen LogP contribution in [0.5, 0.6) is 11.5 Å². The first-order valence-corrected chi connectivity index (χ1v) is 9.56. The molecule has 0 N–H and O–H groups in total. The highest BCUT2D eigenvalue weighted by Gasteiger charge is 2.17. The first-order valence-electron chi connectivity index (χ1n) is 7.50. The Hall–Kier alpha value is -1.81. The average Bonchev–Trinajstić information content (AvgIpc) is 3.15. The van der Waals surface area contributed by atoms with E-state index >= 15 is 0 Å². The van der Waals surface area contributed by atoms with Gasteiger partial charge in [-0.25, -0.2) is 0 Å². The quantitative estimate of drug-likeness (QED) is 0.358. The molecule has 3 rings (SSSR count). The summed E-state index contributed by atoms with van der Waals surface area (Å²) >= 11 is 3.96. The minimum Gasteiger partial charge on any atom is -0.493 e. The smallest absolute Gasteiger partial charge is 0.269 e. The minimum absolute atomic E-state index is 0.0649. The van der Waals surface area contributed by atoms with Gasteiger partial charge in [-0.05, 0) is 52.4 Å². The summed E-state index contributed by atoms with van der Waals surface area (Å²) in [5.74, 6) is 2.32. The van der Waals surface area contributed by atoms with Gasteiger partial charge in [-0.2, -0.15) is 0 Å². The van der Waals surface area contributed by atoms with Crippen molar-refractivity contribution in [2.75, 3.05) is 19.4 Å². The normalized spacial score (nSPS) is 13.4. The molecule has 0 fully saturated rings. The van der Waals surface area contributed by atoms with E-state index in [1.165, 1.54) is 12.1 Å².